The molecule has 0 aliphatic heterocycles. The number of anilines is 3. The number of nitrogens with two attached hydrogens (primary N) is 1. The summed E-state index contributed by atoms with van der Waals surface area (Å²) in [6.45, 7) is 2.02. The minimum atomic E-state index is -0.491. The van der Waals surface area contributed by atoms with Crippen LogP contribution in [0, 0.1) is 0 Å². The number of nitrogens with zero attached hydrogens (tertiary/aromatic N) is 3. The average Bonchev–Trinajstić information content (AvgIpc) is 2.80. The van der Waals surface area contributed by atoms with E-state index in [0.29, 0.717) is 5.82 Å². The molecule has 2 aromatic rings. The number of hydrogen-bond acceptors (Lipinski definition) is 6. The van der Waals surface area contributed by atoms with E-state index < -0.39 is 5.97 Å². The lowest BCUT2D eigenvalue weighted by Crippen LogP contribution is -2.07. The molecule has 0 amide bonds. The summed E-state index contributed by atoms with van der Waals surface area (Å²) in [6.07, 6.45) is 4.08. The van der Waals surface area contributed by atoms with Gasteiger partial charge < -0.3 is 15.8 Å². The van der Waals surface area contributed by atoms with Gasteiger partial charge in [-0.3, -0.25) is 4.68 Å². The van der Waals surface area contributed by atoms with Crippen molar-refractivity contribution < 1.29 is 9.53 Å². The van der Waals surface area contributed by atoms with Gasteiger partial charge in [-0.2, -0.15) is 5.10 Å². The molecule has 0 aliphatic carbocycles. The molecule has 7 heteroatoms. The molecule has 0 fully saturated rings. The molecule has 0 saturated heterocycles. The highest BCUT2D eigenvalue weighted by atomic mass is 16.5. The molecule has 0 saturated carbocycles. The lowest BCUT2D eigenvalue weighted by atomic mass is 10.2. The maximum Gasteiger partial charge on any atom is 0.340 e. The van der Waals surface area contributed by atoms with E-state index in [4.69, 9.17) is 5.73 Å². The first-order valence-electron chi connectivity index (χ1n) is 6.18. The summed E-state index contributed by atoms with van der Waals surface area (Å²) in [5, 5.41) is 7.46. The third kappa shape index (κ3) is 2.71. The van der Waals surface area contributed by atoms with Gasteiger partial charge in [0.2, 0.25) is 0 Å². The molecular formula is C13H17N5O2. The maximum atomic E-state index is 11.6. The Balaban J connectivity index is 2.32. The molecule has 7 nitrogen and oxygen atoms in total. The van der Waals surface area contributed by atoms with Crippen LogP contribution in [0.5, 0.6) is 0 Å². The van der Waals surface area contributed by atoms with Gasteiger partial charge in [-0.25, -0.2) is 9.78 Å². The summed E-state index contributed by atoms with van der Waals surface area (Å²) in [6, 6.07) is 1.56. The first kappa shape index (κ1) is 13.9. The second-order valence-corrected chi connectivity index (χ2v) is 4.29. The fourth-order valence-electron chi connectivity index (χ4n) is 1.86. The SMILES string of the molecule is CCc1nn(C)cc1Nc1cc(C(=O)OC)c(N)cn1. The summed E-state index contributed by atoms with van der Waals surface area (Å²) in [5.74, 6) is 0.0251. The van der Waals surface area contributed by atoms with Gasteiger partial charge in [0, 0.05) is 13.2 Å². The molecule has 0 unspecified atom stereocenters. The number of esters is 1. The quantitative estimate of drug-likeness (QED) is 0.821. The van der Waals surface area contributed by atoms with Gasteiger partial charge in [0.1, 0.15) is 5.82 Å². The van der Waals surface area contributed by atoms with Crippen LogP contribution in [0.2, 0.25) is 0 Å². The van der Waals surface area contributed by atoms with E-state index in [9.17, 15) is 4.79 Å². The summed E-state index contributed by atoms with van der Waals surface area (Å²) in [4.78, 5) is 15.7. The zero-order chi connectivity index (χ0) is 14.7. The van der Waals surface area contributed by atoms with Crippen molar-refractivity contribution in [1.82, 2.24) is 14.8 Å². The number of nitrogen functional groups attached to an aromatic ring is 1. The maximum absolute atomic E-state index is 11.6. The number of rotatable bonds is 4. The highest BCUT2D eigenvalue weighted by molar-refractivity contribution is 5.95. The van der Waals surface area contributed by atoms with Gasteiger partial charge in [0.05, 0.1) is 35.9 Å². The first-order valence-corrected chi connectivity index (χ1v) is 6.18. The number of ether oxygens (including phenoxy) is 1. The Morgan fingerprint density at radius 3 is 2.95 bits per heavy atom. The van der Waals surface area contributed by atoms with Crippen LogP contribution in [-0.2, 0) is 18.2 Å². The second kappa shape index (κ2) is 5.60. The van der Waals surface area contributed by atoms with Crippen molar-refractivity contribution in [2.45, 2.75) is 13.3 Å². The van der Waals surface area contributed by atoms with Crippen molar-refractivity contribution in [2.75, 3.05) is 18.2 Å². The molecule has 0 atom stereocenters. The first-order chi connectivity index (χ1) is 9.55. The topological polar surface area (TPSA) is 95.1 Å². The fraction of sp³-hybridized carbons (Fsp3) is 0.308. The van der Waals surface area contributed by atoms with Crippen LogP contribution in [0.1, 0.15) is 23.0 Å². The molecule has 20 heavy (non-hydrogen) atoms. The summed E-state index contributed by atoms with van der Waals surface area (Å²) in [7, 11) is 3.16. The van der Waals surface area contributed by atoms with Crippen molar-refractivity contribution in [2.24, 2.45) is 7.05 Å². The molecule has 2 heterocycles. The van der Waals surface area contributed by atoms with E-state index in [1.54, 1.807) is 10.7 Å². The van der Waals surface area contributed by atoms with Crippen LogP contribution in [-0.4, -0.2) is 27.8 Å². The van der Waals surface area contributed by atoms with Crippen LogP contribution >= 0.6 is 0 Å². The van der Waals surface area contributed by atoms with E-state index in [1.165, 1.54) is 13.3 Å². The summed E-state index contributed by atoms with van der Waals surface area (Å²) >= 11 is 0. The molecule has 0 aromatic carbocycles. The number of carbonyl (C=O) groups is 1. The number of hydrogen-bond donors (Lipinski definition) is 2. The minimum absolute atomic E-state index is 0.282. The van der Waals surface area contributed by atoms with E-state index in [2.05, 4.69) is 20.1 Å². The molecule has 106 valence electrons. The summed E-state index contributed by atoms with van der Waals surface area (Å²) in [5.41, 5.74) is 8.05. The average molecular weight is 275 g/mol. The summed E-state index contributed by atoms with van der Waals surface area (Å²) < 4.78 is 6.40. The lowest BCUT2D eigenvalue weighted by molar-refractivity contribution is 0.0602. The van der Waals surface area contributed by atoms with Crippen molar-refractivity contribution in [3.8, 4) is 0 Å². The van der Waals surface area contributed by atoms with Gasteiger partial charge >= 0.3 is 5.97 Å². The smallest absolute Gasteiger partial charge is 0.340 e. The van der Waals surface area contributed by atoms with Crippen molar-refractivity contribution >= 4 is 23.2 Å². The van der Waals surface area contributed by atoms with Crippen LogP contribution in [0.4, 0.5) is 17.2 Å². The van der Waals surface area contributed by atoms with Gasteiger partial charge in [-0.1, -0.05) is 6.92 Å². The van der Waals surface area contributed by atoms with Gasteiger partial charge in [0.25, 0.3) is 0 Å². The second-order valence-electron chi connectivity index (χ2n) is 4.29. The van der Waals surface area contributed by atoms with E-state index in [1.807, 2.05) is 20.2 Å². The molecular weight excluding hydrogens is 258 g/mol. The van der Waals surface area contributed by atoms with Gasteiger partial charge in [-0.05, 0) is 12.5 Å². The normalized spacial score (nSPS) is 10.3. The monoisotopic (exact) mass is 275 g/mol. The predicted octanol–water partition coefficient (Wildman–Crippen LogP) is 1.49. The zero-order valence-electron chi connectivity index (χ0n) is 11.7. The predicted molar refractivity (Wildman–Crippen MR) is 75.9 cm³/mol. The van der Waals surface area contributed by atoms with Crippen LogP contribution in [0.25, 0.3) is 0 Å². The lowest BCUT2D eigenvalue weighted by Gasteiger charge is -2.08. The highest BCUT2D eigenvalue weighted by Crippen LogP contribution is 2.22. The van der Waals surface area contributed by atoms with Crippen molar-refractivity contribution in [3.63, 3.8) is 0 Å². The molecule has 0 aliphatic rings. The number of aromatic nitrogens is 3. The zero-order valence-corrected chi connectivity index (χ0v) is 11.7. The Morgan fingerprint density at radius 1 is 1.55 bits per heavy atom. The molecule has 0 spiro atoms. The Hall–Kier alpha value is -2.57. The Bertz CT molecular complexity index is 636. The van der Waals surface area contributed by atoms with E-state index in [-0.39, 0.29) is 11.3 Å². The number of aryl methyl sites for hydroxylation is 2. The van der Waals surface area contributed by atoms with Gasteiger partial charge in [0.15, 0.2) is 0 Å². The van der Waals surface area contributed by atoms with Crippen molar-refractivity contribution in [1.29, 1.82) is 0 Å². The fourth-order valence-corrected chi connectivity index (χ4v) is 1.86. The number of methoxy groups -OCH3 is 1. The third-order valence-electron chi connectivity index (χ3n) is 2.84. The molecule has 0 bridgehead atoms. The molecule has 3 N–H and O–H groups in total. The van der Waals surface area contributed by atoms with E-state index in [0.717, 1.165) is 17.8 Å². The van der Waals surface area contributed by atoms with Crippen molar-refractivity contribution in [3.05, 3.63) is 29.7 Å². The minimum Gasteiger partial charge on any atom is -0.465 e. The van der Waals surface area contributed by atoms with Crippen LogP contribution < -0.4 is 11.1 Å². The van der Waals surface area contributed by atoms with Crippen LogP contribution in [0.3, 0.4) is 0 Å². The molecule has 2 rings (SSSR count). The Labute approximate surface area is 116 Å². The molecule has 0 radical (unpaired) electrons. The number of carbonyl (C=O) groups excluding carboxylic acids is 1. The standard InChI is InChI=1S/C13H17N5O2/c1-4-10-11(7-18(2)17-10)16-12-5-8(13(19)20-3)9(14)6-15-12/h5-7H,4,14H2,1-3H3,(H,15,16). The number of nitrogens with one attached hydrogen (secondary N) is 1. The Morgan fingerprint density at radius 2 is 2.30 bits per heavy atom. The third-order valence-corrected chi connectivity index (χ3v) is 2.84. The largest absolute Gasteiger partial charge is 0.465 e. The number of pyridine rings is 1. The van der Waals surface area contributed by atoms with Crippen LogP contribution in [0.15, 0.2) is 18.5 Å². The van der Waals surface area contributed by atoms with Gasteiger partial charge in [-0.15, -0.1) is 0 Å². The highest BCUT2D eigenvalue weighted by Gasteiger charge is 2.13. The molecule has 2 aromatic heterocycles. The van der Waals surface area contributed by atoms with E-state index >= 15 is 0 Å². The Kier molecular flexibility index (Phi) is 3.88.